The second-order valence-corrected chi connectivity index (χ2v) is 5.50. The monoisotopic (exact) mass is 344 g/mol. The average molecular weight is 344 g/mol. The van der Waals surface area contributed by atoms with Crippen molar-refractivity contribution in [2.24, 2.45) is 0 Å². The topological polar surface area (TPSA) is 63.2 Å². The van der Waals surface area contributed by atoms with Gasteiger partial charge in [0.15, 0.2) is 11.5 Å². The second kappa shape index (κ2) is 7.79. The van der Waals surface area contributed by atoms with Gasteiger partial charge in [0, 0.05) is 0 Å². The highest BCUT2D eigenvalue weighted by Gasteiger charge is 2.21. The first kappa shape index (κ1) is 17.0. The number of esters is 1. The third kappa shape index (κ3) is 4.15. The normalized spacial score (nSPS) is 12.4. The van der Waals surface area contributed by atoms with E-state index in [2.05, 4.69) is 0 Å². The van der Waals surface area contributed by atoms with Crippen LogP contribution in [0.1, 0.15) is 15.9 Å². The number of fused-ring (bicyclic) bond motifs is 1. The Labute approximate surface area is 146 Å². The molecule has 0 spiro atoms. The lowest BCUT2D eigenvalue weighted by molar-refractivity contribution is 0.0449. The van der Waals surface area contributed by atoms with Crippen LogP contribution in [0.3, 0.4) is 0 Å². The summed E-state index contributed by atoms with van der Waals surface area (Å²) in [6.45, 7) is 3.30. The molecule has 1 aliphatic rings. The third-order valence-electron chi connectivity index (χ3n) is 3.67. The number of benzene rings is 2. The van der Waals surface area contributed by atoms with Gasteiger partial charge >= 0.3 is 5.97 Å². The Kier molecular flexibility index (Phi) is 5.28. The van der Waals surface area contributed by atoms with Crippen molar-refractivity contribution >= 4 is 5.97 Å². The fraction of sp³-hybridized carbons (Fsp3) is 0.316. The van der Waals surface area contributed by atoms with Gasteiger partial charge in [0.25, 0.3) is 0 Å². The summed E-state index contributed by atoms with van der Waals surface area (Å²) in [7, 11) is 1.51. The number of aryl methyl sites for hydroxylation is 1. The molecule has 1 aliphatic heterocycles. The van der Waals surface area contributed by atoms with Crippen molar-refractivity contribution in [1.82, 2.24) is 0 Å². The first-order valence-corrected chi connectivity index (χ1v) is 8.01. The Morgan fingerprint density at radius 2 is 1.84 bits per heavy atom. The van der Waals surface area contributed by atoms with Gasteiger partial charge in [0.1, 0.15) is 32.2 Å². The number of rotatable bonds is 6. The highest BCUT2D eigenvalue weighted by Crippen LogP contribution is 2.40. The Balaban J connectivity index is 1.57. The maximum atomic E-state index is 12.2. The van der Waals surface area contributed by atoms with E-state index in [1.165, 1.54) is 7.11 Å². The van der Waals surface area contributed by atoms with Crippen LogP contribution in [0.25, 0.3) is 0 Å². The summed E-state index contributed by atoms with van der Waals surface area (Å²) in [5, 5.41) is 0. The molecule has 0 fully saturated rings. The fourth-order valence-corrected chi connectivity index (χ4v) is 2.40. The first-order valence-electron chi connectivity index (χ1n) is 8.01. The molecule has 0 unspecified atom stereocenters. The second-order valence-electron chi connectivity index (χ2n) is 5.50. The van der Waals surface area contributed by atoms with Crippen molar-refractivity contribution in [1.29, 1.82) is 0 Å². The zero-order valence-electron chi connectivity index (χ0n) is 14.2. The van der Waals surface area contributed by atoms with E-state index in [0.29, 0.717) is 36.0 Å². The van der Waals surface area contributed by atoms with Crippen LogP contribution in [0.4, 0.5) is 0 Å². The standard InChI is InChI=1S/C19H20O6/c1-13-3-5-15(6-4-13)22-7-10-25-19(20)14-11-16(21-2)18-17(12-14)23-8-9-24-18/h3-6,11-12H,7-10H2,1-2H3. The molecule has 0 aromatic heterocycles. The summed E-state index contributed by atoms with van der Waals surface area (Å²) in [4.78, 5) is 12.2. The van der Waals surface area contributed by atoms with Gasteiger partial charge in [0.05, 0.1) is 12.7 Å². The molecule has 0 radical (unpaired) electrons. The van der Waals surface area contributed by atoms with Crippen molar-refractivity contribution < 1.29 is 28.5 Å². The lowest BCUT2D eigenvalue weighted by Crippen LogP contribution is -2.17. The summed E-state index contributed by atoms with van der Waals surface area (Å²) >= 11 is 0. The zero-order chi connectivity index (χ0) is 17.6. The van der Waals surface area contributed by atoms with Crippen LogP contribution in [0.5, 0.6) is 23.0 Å². The predicted octanol–water partition coefficient (Wildman–Crippen LogP) is 3.01. The molecule has 0 saturated carbocycles. The van der Waals surface area contributed by atoms with E-state index in [1.807, 2.05) is 31.2 Å². The molecule has 6 nitrogen and oxygen atoms in total. The molecule has 0 bridgehead atoms. The van der Waals surface area contributed by atoms with Crippen LogP contribution in [-0.2, 0) is 4.74 Å². The molecule has 0 aliphatic carbocycles. The van der Waals surface area contributed by atoms with Crippen LogP contribution >= 0.6 is 0 Å². The van der Waals surface area contributed by atoms with Crippen LogP contribution in [-0.4, -0.2) is 39.5 Å². The molecule has 0 atom stereocenters. The minimum Gasteiger partial charge on any atom is -0.493 e. The largest absolute Gasteiger partial charge is 0.493 e. The molecule has 1 heterocycles. The Morgan fingerprint density at radius 1 is 1.08 bits per heavy atom. The molecule has 0 amide bonds. The summed E-state index contributed by atoms with van der Waals surface area (Å²) in [6.07, 6.45) is 0. The molecular weight excluding hydrogens is 324 g/mol. The van der Waals surface area contributed by atoms with Gasteiger partial charge in [-0.1, -0.05) is 17.7 Å². The zero-order valence-corrected chi connectivity index (χ0v) is 14.2. The van der Waals surface area contributed by atoms with Gasteiger partial charge in [-0.05, 0) is 31.2 Å². The molecule has 2 aromatic rings. The maximum Gasteiger partial charge on any atom is 0.338 e. The maximum absolute atomic E-state index is 12.2. The highest BCUT2D eigenvalue weighted by molar-refractivity contribution is 5.91. The number of methoxy groups -OCH3 is 1. The Hall–Kier alpha value is -2.89. The van der Waals surface area contributed by atoms with E-state index >= 15 is 0 Å². The molecular formula is C19H20O6. The average Bonchev–Trinajstić information content (AvgIpc) is 2.65. The molecule has 25 heavy (non-hydrogen) atoms. The lowest BCUT2D eigenvalue weighted by Gasteiger charge is -2.21. The Bertz CT molecular complexity index is 721. The first-order chi connectivity index (χ1) is 12.2. The van der Waals surface area contributed by atoms with Crippen molar-refractivity contribution in [3.05, 3.63) is 47.5 Å². The number of carbonyl (C=O) groups excluding carboxylic acids is 1. The highest BCUT2D eigenvalue weighted by atomic mass is 16.6. The summed E-state index contributed by atoms with van der Waals surface area (Å²) in [6, 6.07) is 10.9. The van der Waals surface area contributed by atoms with Crippen LogP contribution in [0, 0.1) is 6.92 Å². The van der Waals surface area contributed by atoms with E-state index in [4.69, 9.17) is 23.7 Å². The summed E-state index contributed by atoms with van der Waals surface area (Å²) in [5.74, 6) is 1.70. The van der Waals surface area contributed by atoms with Gasteiger partial charge in [0.2, 0.25) is 5.75 Å². The van der Waals surface area contributed by atoms with Crippen LogP contribution in [0.15, 0.2) is 36.4 Å². The van der Waals surface area contributed by atoms with Crippen molar-refractivity contribution in [3.63, 3.8) is 0 Å². The van der Waals surface area contributed by atoms with E-state index < -0.39 is 5.97 Å². The van der Waals surface area contributed by atoms with E-state index in [1.54, 1.807) is 12.1 Å². The number of carbonyl (C=O) groups is 1. The van der Waals surface area contributed by atoms with E-state index in [0.717, 1.165) is 11.3 Å². The predicted molar refractivity (Wildman–Crippen MR) is 90.9 cm³/mol. The number of hydrogen-bond donors (Lipinski definition) is 0. The fourth-order valence-electron chi connectivity index (χ4n) is 2.40. The molecule has 132 valence electrons. The summed E-state index contributed by atoms with van der Waals surface area (Å²) in [5.41, 5.74) is 1.50. The quantitative estimate of drug-likeness (QED) is 0.593. The number of ether oxygens (including phenoxy) is 5. The molecule has 6 heteroatoms. The lowest BCUT2D eigenvalue weighted by atomic mass is 10.1. The van der Waals surface area contributed by atoms with Crippen LogP contribution in [0.2, 0.25) is 0 Å². The Morgan fingerprint density at radius 3 is 2.60 bits per heavy atom. The van der Waals surface area contributed by atoms with Crippen LogP contribution < -0.4 is 18.9 Å². The number of hydrogen-bond acceptors (Lipinski definition) is 6. The van der Waals surface area contributed by atoms with Gasteiger partial charge in [-0.3, -0.25) is 0 Å². The van der Waals surface area contributed by atoms with Gasteiger partial charge in [-0.2, -0.15) is 0 Å². The minimum absolute atomic E-state index is 0.142. The van der Waals surface area contributed by atoms with E-state index in [9.17, 15) is 4.79 Å². The van der Waals surface area contributed by atoms with Gasteiger partial charge in [-0.25, -0.2) is 4.79 Å². The van der Waals surface area contributed by atoms with Crippen molar-refractivity contribution in [3.8, 4) is 23.0 Å². The minimum atomic E-state index is -0.470. The summed E-state index contributed by atoms with van der Waals surface area (Å²) < 4.78 is 27.1. The molecule has 0 saturated heterocycles. The van der Waals surface area contributed by atoms with E-state index in [-0.39, 0.29) is 13.2 Å². The molecule has 0 N–H and O–H groups in total. The van der Waals surface area contributed by atoms with Crippen molar-refractivity contribution in [2.75, 3.05) is 33.5 Å². The van der Waals surface area contributed by atoms with Gasteiger partial charge < -0.3 is 23.7 Å². The molecule has 2 aromatic carbocycles. The third-order valence-corrected chi connectivity index (χ3v) is 3.67. The molecule has 3 rings (SSSR count). The SMILES string of the molecule is COc1cc(C(=O)OCCOc2ccc(C)cc2)cc2c1OCCO2. The van der Waals surface area contributed by atoms with Crippen molar-refractivity contribution in [2.45, 2.75) is 6.92 Å². The van der Waals surface area contributed by atoms with Gasteiger partial charge in [-0.15, -0.1) is 0 Å². The smallest absolute Gasteiger partial charge is 0.338 e.